The lowest BCUT2D eigenvalue weighted by Gasteiger charge is -2.18. The Morgan fingerprint density at radius 1 is 1.24 bits per heavy atom. The Kier molecular flexibility index (Phi) is 6.98. The number of aromatic nitrogens is 3. The summed E-state index contributed by atoms with van der Waals surface area (Å²) < 4.78 is 22.2. The van der Waals surface area contributed by atoms with Crippen LogP contribution in [0.1, 0.15) is 35.5 Å². The van der Waals surface area contributed by atoms with Gasteiger partial charge in [-0.3, -0.25) is 4.57 Å². The van der Waals surface area contributed by atoms with E-state index in [2.05, 4.69) is 29.8 Å². The Labute approximate surface area is 179 Å². The van der Waals surface area contributed by atoms with Gasteiger partial charge in [-0.2, -0.15) is 0 Å². The molecular formula is C22H23ClFN3OS. The minimum absolute atomic E-state index is 0.311. The Balaban J connectivity index is 1.82. The smallest absolute Gasteiger partial charge is 0.191 e. The number of nitrogens with zero attached hydrogens (tertiary/aromatic N) is 3. The van der Waals surface area contributed by atoms with Gasteiger partial charge in [0.15, 0.2) is 17.1 Å². The second-order valence-corrected chi connectivity index (χ2v) is 8.04. The van der Waals surface area contributed by atoms with Crippen LogP contribution < -0.4 is 4.74 Å². The zero-order valence-corrected chi connectivity index (χ0v) is 18.2. The summed E-state index contributed by atoms with van der Waals surface area (Å²) in [7, 11) is 0. The van der Waals surface area contributed by atoms with Crippen LogP contribution in [0.25, 0.3) is 0 Å². The van der Waals surface area contributed by atoms with E-state index in [1.807, 2.05) is 30.5 Å². The normalized spacial score (nSPS) is 12.0. The number of ether oxygens (including phenoxy) is 1. The van der Waals surface area contributed by atoms with Gasteiger partial charge in [0.1, 0.15) is 11.6 Å². The lowest BCUT2D eigenvalue weighted by Crippen LogP contribution is -2.13. The lowest BCUT2D eigenvalue weighted by atomic mass is 10.1. The fourth-order valence-electron chi connectivity index (χ4n) is 2.91. The largest absolute Gasteiger partial charge is 0.482 e. The van der Waals surface area contributed by atoms with Crippen molar-refractivity contribution < 1.29 is 9.13 Å². The van der Waals surface area contributed by atoms with Crippen molar-refractivity contribution in [2.24, 2.45) is 0 Å². The van der Waals surface area contributed by atoms with Gasteiger partial charge in [-0.15, -0.1) is 16.8 Å². The van der Waals surface area contributed by atoms with Gasteiger partial charge < -0.3 is 4.74 Å². The summed E-state index contributed by atoms with van der Waals surface area (Å²) in [6.07, 6.45) is 1.46. The van der Waals surface area contributed by atoms with E-state index < -0.39 is 0 Å². The average Bonchev–Trinajstić information content (AvgIpc) is 3.08. The molecule has 0 radical (unpaired) electrons. The van der Waals surface area contributed by atoms with Gasteiger partial charge in [-0.25, -0.2) is 4.39 Å². The van der Waals surface area contributed by atoms with E-state index >= 15 is 0 Å². The summed E-state index contributed by atoms with van der Waals surface area (Å²) in [6.45, 7) is 10.4. The summed E-state index contributed by atoms with van der Waals surface area (Å²) in [6, 6.07) is 10.6. The molecule has 1 unspecified atom stereocenters. The van der Waals surface area contributed by atoms with Gasteiger partial charge in [0.05, 0.1) is 0 Å². The minimum Gasteiger partial charge on any atom is -0.482 e. The average molecular weight is 432 g/mol. The molecule has 3 rings (SSSR count). The molecule has 0 aliphatic rings. The zero-order valence-electron chi connectivity index (χ0n) is 16.7. The quantitative estimate of drug-likeness (QED) is 0.309. The molecule has 4 nitrogen and oxygen atoms in total. The first-order valence-corrected chi connectivity index (χ1v) is 10.6. The predicted molar refractivity (Wildman–Crippen MR) is 116 cm³/mol. The van der Waals surface area contributed by atoms with E-state index in [1.54, 1.807) is 18.2 Å². The molecule has 29 heavy (non-hydrogen) atoms. The SMILES string of the molecule is C=CCn1c(SCc2c(F)cccc2Cl)nnc1C(C)Oc1cccc(C)c1C. The predicted octanol–water partition coefficient (Wildman–Crippen LogP) is 6.31. The molecule has 1 aromatic heterocycles. The fraction of sp³-hybridized carbons (Fsp3) is 0.273. The van der Waals surface area contributed by atoms with Gasteiger partial charge in [0.25, 0.3) is 0 Å². The maximum atomic E-state index is 14.1. The second-order valence-electron chi connectivity index (χ2n) is 6.69. The first-order valence-electron chi connectivity index (χ1n) is 9.25. The molecule has 0 aliphatic heterocycles. The molecule has 1 heterocycles. The molecule has 152 valence electrons. The number of aryl methyl sites for hydroxylation is 1. The van der Waals surface area contributed by atoms with E-state index in [1.165, 1.54) is 23.4 Å². The Bertz CT molecular complexity index is 1000. The highest BCUT2D eigenvalue weighted by Gasteiger charge is 2.20. The molecule has 0 bridgehead atoms. The number of halogens is 2. The van der Waals surface area contributed by atoms with Crippen molar-refractivity contribution >= 4 is 23.4 Å². The molecule has 3 aromatic rings. The fourth-order valence-corrected chi connectivity index (χ4v) is 4.21. The molecule has 0 saturated carbocycles. The van der Waals surface area contributed by atoms with Crippen molar-refractivity contribution in [3.8, 4) is 5.75 Å². The molecule has 0 N–H and O–H groups in total. The molecule has 0 spiro atoms. The maximum Gasteiger partial charge on any atom is 0.191 e. The molecule has 0 aliphatic carbocycles. The van der Waals surface area contributed by atoms with Gasteiger partial charge in [0, 0.05) is 22.9 Å². The summed E-state index contributed by atoms with van der Waals surface area (Å²) >= 11 is 7.52. The van der Waals surface area contributed by atoms with Gasteiger partial charge in [-0.1, -0.05) is 47.6 Å². The number of hydrogen-bond acceptors (Lipinski definition) is 4. The lowest BCUT2D eigenvalue weighted by molar-refractivity contribution is 0.209. The van der Waals surface area contributed by atoms with Gasteiger partial charge in [-0.05, 0) is 50.1 Å². The Hall–Kier alpha value is -2.31. The third-order valence-corrected chi connectivity index (χ3v) is 6.03. The number of thioether (sulfide) groups is 1. The van der Waals surface area contributed by atoms with Crippen LogP contribution in [0.4, 0.5) is 4.39 Å². The van der Waals surface area contributed by atoms with Crippen molar-refractivity contribution in [3.63, 3.8) is 0 Å². The number of hydrogen-bond donors (Lipinski definition) is 0. The van der Waals surface area contributed by atoms with E-state index in [0.29, 0.717) is 33.9 Å². The van der Waals surface area contributed by atoms with E-state index in [4.69, 9.17) is 16.3 Å². The van der Waals surface area contributed by atoms with E-state index in [-0.39, 0.29) is 11.9 Å². The molecule has 0 amide bonds. The van der Waals surface area contributed by atoms with Gasteiger partial charge >= 0.3 is 0 Å². The zero-order chi connectivity index (χ0) is 21.0. The first kappa shape index (κ1) is 21.4. The highest BCUT2D eigenvalue weighted by Crippen LogP contribution is 2.31. The molecule has 2 aromatic carbocycles. The van der Waals surface area contributed by atoms with E-state index in [9.17, 15) is 4.39 Å². The van der Waals surface area contributed by atoms with Crippen molar-refractivity contribution in [1.82, 2.24) is 14.8 Å². The number of rotatable bonds is 8. The van der Waals surface area contributed by atoms with Crippen molar-refractivity contribution in [2.45, 2.75) is 44.3 Å². The summed E-state index contributed by atoms with van der Waals surface area (Å²) in [5, 5.41) is 9.69. The third-order valence-electron chi connectivity index (χ3n) is 4.69. The highest BCUT2D eigenvalue weighted by molar-refractivity contribution is 7.98. The van der Waals surface area contributed by atoms with Crippen molar-refractivity contribution in [1.29, 1.82) is 0 Å². The minimum atomic E-state index is -0.327. The van der Waals surface area contributed by atoms with Crippen LogP contribution in [0, 0.1) is 19.7 Å². The topological polar surface area (TPSA) is 39.9 Å². The molecule has 7 heteroatoms. The standard InChI is InChI=1S/C22H23ClFN3OS/c1-5-12-27-21(16(4)28-20-11-6-8-14(2)15(20)3)25-26-22(27)29-13-17-18(23)9-7-10-19(17)24/h5-11,16H,1,12-13H2,2-4H3. The molecule has 0 saturated heterocycles. The van der Waals surface area contributed by atoms with Crippen molar-refractivity contribution in [2.75, 3.05) is 0 Å². The van der Waals surface area contributed by atoms with Crippen LogP contribution in [-0.2, 0) is 12.3 Å². The summed E-state index contributed by atoms with van der Waals surface area (Å²) in [5.41, 5.74) is 2.71. The second kappa shape index (κ2) is 9.46. The maximum absolute atomic E-state index is 14.1. The van der Waals surface area contributed by atoms with E-state index in [0.717, 1.165) is 11.3 Å². The summed E-state index contributed by atoms with van der Waals surface area (Å²) in [5.74, 6) is 1.53. The summed E-state index contributed by atoms with van der Waals surface area (Å²) in [4.78, 5) is 0. The number of benzene rings is 2. The highest BCUT2D eigenvalue weighted by atomic mass is 35.5. The van der Waals surface area contributed by atoms with Crippen LogP contribution in [0.5, 0.6) is 5.75 Å². The molecule has 0 fully saturated rings. The first-order chi connectivity index (χ1) is 13.9. The van der Waals surface area contributed by atoms with Crippen LogP contribution in [0.3, 0.4) is 0 Å². The monoisotopic (exact) mass is 431 g/mol. The number of allylic oxidation sites excluding steroid dienone is 1. The molecular weight excluding hydrogens is 409 g/mol. The van der Waals surface area contributed by atoms with Crippen LogP contribution in [-0.4, -0.2) is 14.8 Å². The van der Waals surface area contributed by atoms with Gasteiger partial charge in [0.2, 0.25) is 0 Å². The Morgan fingerprint density at radius 2 is 2.00 bits per heavy atom. The van der Waals surface area contributed by atoms with Crippen molar-refractivity contribution in [3.05, 3.63) is 82.4 Å². The third kappa shape index (κ3) is 4.82. The van der Waals surface area contributed by atoms with Crippen LogP contribution in [0.15, 0.2) is 54.2 Å². The van der Waals surface area contributed by atoms with Crippen LogP contribution >= 0.6 is 23.4 Å². The van der Waals surface area contributed by atoms with Crippen LogP contribution in [0.2, 0.25) is 5.02 Å². The molecule has 1 atom stereocenters. The Morgan fingerprint density at radius 3 is 2.72 bits per heavy atom.